The Morgan fingerprint density at radius 3 is 2.60 bits per heavy atom. The molecule has 0 aliphatic carbocycles. The maximum atomic E-state index is 11.5. The third-order valence-electron chi connectivity index (χ3n) is 2.71. The molecule has 0 atom stereocenters. The lowest BCUT2D eigenvalue weighted by Gasteiger charge is -2.20. The number of carbonyl (C=O) groups is 1. The first kappa shape index (κ1) is 14.1. The van der Waals surface area contributed by atoms with E-state index in [0.717, 1.165) is 5.69 Å². The van der Waals surface area contributed by atoms with Crippen LogP contribution >= 0.6 is 11.6 Å². The molecule has 1 heterocycles. The topological polar surface area (TPSA) is 42.4 Å². The highest BCUT2D eigenvalue weighted by atomic mass is 35.5. The molecule has 0 unspecified atom stereocenters. The predicted octanol–water partition coefficient (Wildman–Crippen LogP) is 3.80. The molecule has 2 rings (SSSR count). The zero-order valence-electron chi connectivity index (χ0n) is 10.9. The Bertz CT molecular complexity index is 626. The summed E-state index contributed by atoms with van der Waals surface area (Å²) in [6.07, 6.45) is 4.74. The Morgan fingerprint density at radius 2 is 2.00 bits per heavy atom. The van der Waals surface area contributed by atoms with Crippen LogP contribution in [0.2, 0.25) is 5.02 Å². The number of anilines is 2. The molecule has 0 bridgehead atoms. The first-order chi connectivity index (χ1) is 9.65. The van der Waals surface area contributed by atoms with E-state index in [1.807, 2.05) is 12.1 Å². The van der Waals surface area contributed by atoms with E-state index in [1.165, 1.54) is 13.3 Å². The van der Waals surface area contributed by atoms with E-state index >= 15 is 0 Å². The fourth-order valence-electron chi connectivity index (χ4n) is 1.75. The minimum atomic E-state index is -0.431. The standard InChI is InChI=1S/C15H13ClN2O2/c1-3-18(13-6-4-12(16)5-7-13)14-8-11(9-17-10-14)15(19)20-2/h3-10H,1H2,2H3. The number of halogens is 1. The van der Waals surface area contributed by atoms with Gasteiger partial charge in [-0.05, 0) is 30.3 Å². The van der Waals surface area contributed by atoms with E-state index in [2.05, 4.69) is 16.3 Å². The van der Waals surface area contributed by atoms with Gasteiger partial charge in [-0.2, -0.15) is 0 Å². The summed E-state index contributed by atoms with van der Waals surface area (Å²) in [5.41, 5.74) is 1.96. The van der Waals surface area contributed by atoms with Gasteiger partial charge in [0.05, 0.1) is 24.6 Å². The fourth-order valence-corrected chi connectivity index (χ4v) is 1.88. The van der Waals surface area contributed by atoms with Crippen LogP contribution in [0.4, 0.5) is 11.4 Å². The first-order valence-corrected chi connectivity index (χ1v) is 6.24. The van der Waals surface area contributed by atoms with Crippen LogP contribution in [0, 0.1) is 0 Å². The van der Waals surface area contributed by atoms with Gasteiger partial charge in [-0.15, -0.1) is 0 Å². The molecule has 0 radical (unpaired) electrons. The van der Waals surface area contributed by atoms with Crippen molar-refractivity contribution in [2.75, 3.05) is 12.0 Å². The Morgan fingerprint density at radius 1 is 1.30 bits per heavy atom. The van der Waals surface area contributed by atoms with Gasteiger partial charge in [-0.3, -0.25) is 4.98 Å². The highest BCUT2D eigenvalue weighted by Gasteiger charge is 2.11. The molecule has 0 saturated heterocycles. The highest BCUT2D eigenvalue weighted by Crippen LogP contribution is 2.27. The number of benzene rings is 1. The van der Waals surface area contributed by atoms with Gasteiger partial charge in [-0.25, -0.2) is 4.79 Å². The Labute approximate surface area is 122 Å². The van der Waals surface area contributed by atoms with Gasteiger partial charge >= 0.3 is 5.97 Å². The van der Waals surface area contributed by atoms with Gasteiger partial charge in [-0.1, -0.05) is 18.2 Å². The molecule has 0 saturated carbocycles. The molecule has 0 N–H and O–H groups in total. The molecule has 1 aromatic carbocycles. The van der Waals surface area contributed by atoms with Gasteiger partial charge < -0.3 is 9.64 Å². The predicted molar refractivity (Wildman–Crippen MR) is 79.4 cm³/mol. The third kappa shape index (κ3) is 2.97. The second-order valence-corrected chi connectivity index (χ2v) is 4.39. The molecule has 2 aromatic rings. The van der Waals surface area contributed by atoms with E-state index in [9.17, 15) is 4.79 Å². The number of esters is 1. The lowest BCUT2D eigenvalue weighted by atomic mass is 10.2. The number of hydrogen-bond donors (Lipinski definition) is 0. The van der Waals surface area contributed by atoms with Crippen molar-refractivity contribution >= 4 is 28.9 Å². The van der Waals surface area contributed by atoms with Gasteiger partial charge in [0, 0.05) is 23.1 Å². The number of nitrogens with zero attached hydrogens (tertiary/aromatic N) is 2. The van der Waals surface area contributed by atoms with Crippen LogP contribution < -0.4 is 4.90 Å². The summed E-state index contributed by atoms with van der Waals surface area (Å²) in [7, 11) is 1.33. The number of pyridine rings is 1. The van der Waals surface area contributed by atoms with Crippen molar-refractivity contribution in [2.45, 2.75) is 0 Å². The summed E-state index contributed by atoms with van der Waals surface area (Å²) >= 11 is 5.87. The second kappa shape index (κ2) is 6.21. The summed E-state index contributed by atoms with van der Waals surface area (Å²) in [6.45, 7) is 3.78. The molecule has 0 spiro atoms. The highest BCUT2D eigenvalue weighted by molar-refractivity contribution is 6.30. The zero-order valence-corrected chi connectivity index (χ0v) is 11.7. The molecule has 102 valence electrons. The smallest absolute Gasteiger partial charge is 0.339 e. The lowest BCUT2D eigenvalue weighted by molar-refractivity contribution is 0.0600. The van der Waals surface area contributed by atoms with Crippen LogP contribution in [0.1, 0.15) is 10.4 Å². The average molecular weight is 289 g/mol. The van der Waals surface area contributed by atoms with Crippen LogP contribution in [0.15, 0.2) is 55.5 Å². The molecule has 0 amide bonds. The summed E-state index contributed by atoms with van der Waals surface area (Å²) < 4.78 is 4.69. The summed E-state index contributed by atoms with van der Waals surface area (Å²) in [6, 6.07) is 8.97. The van der Waals surface area contributed by atoms with E-state index in [-0.39, 0.29) is 0 Å². The van der Waals surface area contributed by atoms with Crippen molar-refractivity contribution in [2.24, 2.45) is 0 Å². The Balaban J connectivity index is 2.39. The Kier molecular flexibility index (Phi) is 4.38. The minimum Gasteiger partial charge on any atom is -0.465 e. The van der Waals surface area contributed by atoms with Crippen molar-refractivity contribution in [1.82, 2.24) is 4.98 Å². The molecule has 20 heavy (non-hydrogen) atoms. The summed E-state index contributed by atoms with van der Waals surface area (Å²) in [4.78, 5) is 17.4. The van der Waals surface area contributed by atoms with Crippen molar-refractivity contribution in [3.8, 4) is 0 Å². The van der Waals surface area contributed by atoms with Crippen LogP contribution in [0.5, 0.6) is 0 Å². The fraction of sp³-hybridized carbons (Fsp3) is 0.0667. The van der Waals surface area contributed by atoms with E-state index in [1.54, 1.807) is 35.5 Å². The van der Waals surface area contributed by atoms with Crippen molar-refractivity contribution < 1.29 is 9.53 Å². The lowest BCUT2D eigenvalue weighted by Crippen LogP contribution is -2.10. The van der Waals surface area contributed by atoms with Crippen molar-refractivity contribution in [3.63, 3.8) is 0 Å². The van der Waals surface area contributed by atoms with E-state index in [0.29, 0.717) is 16.3 Å². The van der Waals surface area contributed by atoms with Crippen LogP contribution in [-0.4, -0.2) is 18.1 Å². The number of aromatic nitrogens is 1. The van der Waals surface area contributed by atoms with E-state index < -0.39 is 5.97 Å². The van der Waals surface area contributed by atoms with Gasteiger partial charge in [0.25, 0.3) is 0 Å². The SMILES string of the molecule is C=CN(c1ccc(Cl)cc1)c1cncc(C(=O)OC)c1. The van der Waals surface area contributed by atoms with Gasteiger partial charge in [0.1, 0.15) is 0 Å². The van der Waals surface area contributed by atoms with Gasteiger partial charge in [0.2, 0.25) is 0 Å². The van der Waals surface area contributed by atoms with E-state index in [4.69, 9.17) is 11.6 Å². The largest absolute Gasteiger partial charge is 0.465 e. The van der Waals surface area contributed by atoms with Crippen LogP contribution in [0.25, 0.3) is 0 Å². The normalized spacial score (nSPS) is 9.90. The number of rotatable bonds is 4. The molecule has 0 aliphatic rings. The summed E-state index contributed by atoms with van der Waals surface area (Å²) in [5, 5.41) is 0.652. The molecule has 0 fully saturated rings. The molecule has 4 nitrogen and oxygen atoms in total. The molecule has 1 aromatic heterocycles. The van der Waals surface area contributed by atoms with Crippen LogP contribution in [-0.2, 0) is 4.74 Å². The molecular weight excluding hydrogens is 276 g/mol. The van der Waals surface area contributed by atoms with Gasteiger partial charge in [0.15, 0.2) is 0 Å². The minimum absolute atomic E-state index is 0.380. The number of carbonyl (C=O) groups excluding carboxylic acids is 1. The third-order valence-corrected chi connectivity index (χ3v) is 2.96. The van der Waals surface area contributed by atoms with Crippen molar-refractivity contribution in [3.05, 3.63) is 66.1 Å². The summed E-state index contributed by atoms with van der Waals surface area (Å²) in [5.74, 6) is -0.431. The number of methoxy groups -OCH3 is 1. The molecule has 5 heteroatoms. The zero-order chi connectivity index (χ0) is 14.5. The Hall–Kier alpha value is -2.33. The second-order valence-electron chi connectivity index (χ2n) is 3.95. The average Bonchev–Trinajstić information content (AvgIpc) is 2.49. The molecular formula is C15H13ClN2O2. The number of hydrogen-bond acceptors (Lipinski definition) is 4. The maximum absolute atomic E-state index is 11.5. The first-order valence-electron chi connectivity index (χ1n) is 5.86. The molecule has 0 aliphatic heterocycles. The number of ether oxygens (including phenoxy) is 1. The van der Waals surface area contributed by atoms with Crippen LogP contribution in [0.3, 0.4) is 0 Å². The monoisotopic (exact) mass is 288 g/mol. The van der Waals surface area contributed by atoms with Crippen molar-refractivity contribution in [1.29, 1.82) is 0 Å². The quantitative estimate of drug-likeness (QED) is 0.803. The maximum Gasteiger partial charge on any atom is 0.339 e.